The summed E-state index contributed by atoms with van der Waals surface area (Å²) in [5, 5.41) is 0. The molecule has 1 spiro atoms. The largest absolute Gasteiger partial charge is 0.370 e. The fraction of sp³-hybridized carbons (Fsp3) is 1.00. The van der Waals surface area contributed by atoms with Gasteiger partial charge in [0.1, 0.15) is 0 Å². The first-order valence-electron chi connectivity index (χ1n) is 6.28. The molecule has 16 heavy (non-hydrogen) atoms. The van der Waals surface area contributed by atoms with Gasteiger partial charge in [0.15, 0.2) is 9.84 Å². The number of ether oxygens (including phenoxy) is 1. The molecule has 0 N–H and O–H groups in total. The Bertz CT molecular complexity index is 402. The van der Waals surface area contributed by atoms with Crippen molar-refractivity contribution in [2.24, 2.45) is 17.3 Å². The second kappa shape index (κ2) is 3.22. The van der Waals surface area contributed by atoms with Crippen LogP contribution in [0.4, 0.5) is 0 Å². The van der Waals surface area contributed by atoms with Crippen LogP contribution >= 0.6 is 0 Å². The molecule has 2 saturated heterocycles. The van der Waals surface area contributed by atoms with Crippen LogP contribution in [0.1, 0.15) is 33.1 Å². The van der Waals surface area contributed by atoms with E-state index in [0.29, 0.717) is 35.5 Å². The zero-order valence-electron chi connectivity index (χ0n) is 9.98. The van der Waals surface area contributed by atoms with E-state index in [9.17, 15) is 8.42 Å². The number of hydrogen-bond acceptors (Lipinski definition) is 3. The van der Waals surface area contributed by atoms with E-state index in [2.05, 4.69) is 13.8 Å². The van der Waals surface area contributed by atoms with E-state index in [4.69, 9.17) is 4.74 Å². The van der Waals surface area contributed by atoms with Crippen molar-refractivity contribution in [3.8, 4) is 0 Å². The van der Waals surface area contributed by atoms with Crippen LogP contribution in [-0.2, 0) is 14.6 Å². The van der Waals surface area contributed by atoms with Gasteiger partial charge in [-0.15, -0.1) is 0 Å². The average Bonchev–Trinajstić information content (AvgIpc) is 2.70. The summed E-state index contributed by atoms with van der Waals surface area (Å²) in [5.74, 6) is 1.99. The lowest BCUT2D eigenvalue weighted by Crippen LogP contribution is -2.25. The number of rotatable bonds is 1. The van der Waals surface area contributed by atoms with Gasteiger partial charge in [-0.3, -0.25) is 0 Å². The van der Waals surface area contributed by atoms with Gasteiger partial charge in [0, 0.05) is 0 Å². The monoisotopic (exact) mass is 244 g/mol. The molecule has 5 atom stereocenters. The Morgan fingerprint density at radius 2 is 2.00 bits per heavy atom. The first kappa shape index (κ1) is 11.0. The highest BCUT2D eigenvalue weighted by Crippen LogP contribution is 2.56. The molecular weight excluding hydrogens is 224 g/mol. The summed E-state index contributed by atoms with van der Waals surface area (Å²) in [4.78, 5) is 0. The lowest BCUT2D eigenvalue weighted by molar-refractivity contribution is 0.247. The van der Waals surface area contributed by atoms with Crippen LogP contribution < -0.4 is 0 Å². The standard InChI is InChI=1S/C12H20O3S/c1-8-5-10(11-9(2)15-11)6-12(8)3-4-16(13,14)7-12/h8-11H,3-7H2,1-2H3. The molecule has 3 aliphatic rings. The Morgan fingerprint density at radius 1 is 1.31 bits per heavy atom. The topological polar surface area (TPSA) is 46.7 Å². The van der Waals surface area contributed by atoms with Crippen molar-refractivity contribution in [3.05, 3.63) is 0 Å². The van der Waals surface area contributed by atoms with Gasteiger partial charge in [0.05, 0.1) is 23.7 Å². The summed E-state index contributed by atoms with van der Waals surface area (Å²) in [6.45, 7) is 4.35. The molecule has 3 nitrogen and oxygen atoms in total. The normalized spacial score (nSPS) is 54.6. The smallest absolute Gasteiger partial charge is 0.150 e. The van der Waals surface area contributed by atoms with Gasteiger partial charge in [-0.25, -0.2) is 8.42 Å². The Kier molecular flexibility index (Phi) is 2.22. The highest BCUT2D eigenvalue weighted by atomic mass is 32.2. The predicted molar refractivity (Wildman–Crippen MR) is 61.9 cm³/mol. The third-order valence-electron chi connectivity index (χ3n) is 5.01. The Hall–Kier alpha value is -0.0900. The van der Waals surface area contributed by atoms with Crippen molar-refractivity contribution >= 4 is 9.84 Å². The lowest BCUT2D eigenvalue weighted by atomic mass is 9.78. The van der Waals surface area contributed by atoms with Crippen molar-refractivity contribution < 1.29 is 13.2 Å². The highest BCUT2D eigenvalue weighted by Gasteiger charge is 2.56. The quantitative estimate of drug-likeness (QED) is 0.659. The van der Waals surface area contributed by atoms with Crippen LogP contribution in [0.15, 0.2) is 0 Å². The second-order valence-electron chi connectivity index (χ2n) is 6.11. The SMILES string of the molecule is CC1OC1C1CC(C)C2(CCS(=O)(=O)C2)C1. The van der Waals surface area contributed by atoms with E-state index in [1.54, 1.807) is 0 Å². The number of sulfone groups is 1. The van der Waals surface area contributed by atoms with Crippen LogP contribution in [0.2, 0.25) is 0 Å². The van der Waals surface area contributed by atoms with E-state index in [-0.39, 0.29) is 5.41 Å². The minimum Gasteiger partial charge on any atom is -0.370 e. The van der Waals surface area contributed by atoms with Crippen molar-refractivity contribution in [2.75, 3.05) is 11.5 Å². The third-order valence-corrected chi connectivity index (χ3v) is 6.85. The van der Waals surface area contributed by atoms with E-state index in [1.807, 2.05) is 0 Å². The van der Waals surface area contributed by atoms with Crippen LogP contribution in [-0.4, -0.2) is 32.1 Å². The van der Waals surface area contributed by atoms with Crippen LogP contribution in [0, 0.1) is 17.3 Å². The van der Waals surface area contributed by atoms with Gasteiger partial charge < -0.3 is 4.74 Å². The minimum absolute atomic E-state index is 0.0924. The molecule has 1 aliphatic carbocycles. The molecule has 0 amide bonds. The van der Waals surface area contributed by atoms with Crippen molar-refractivity contribution in [3.63, 3.8) is 0 Å². The first-order chi connectivity index (χ1) is 7.42. The first-order valence-corrected chi connectivity index (χ1v) is 8.10. The number of epoxide rings is 1. The van der Waals surface area contributed by atoms with Crippen LogP contribution in [0.5, 0.6) is 0 Å². The zero-order valence-corrected chi connectivity index (χ0v) is 10.8. The molecular formula is C12H20O3S. The molecule has 1 saturated carbocycles. The minimum atomic E-state index is -2.75. The summed E-state index contributed by atoms with van der Waals surface area (Å²) in [6, 6.07) is 0. The molecule has 0 radical (unpaired) electrons. The number of hydrogen-bond donors (Lipinski definition) is 0. The Morgan fingerprint density at radius 3 is 2.50 bits per heavy atom. The van der Waals surface area contributed by atoms with Gasteiger partial charge in [-0.05, 0) is 43.4 Å². The van der Waals surface area contributed by atoms with Gasteiger partial charge >= 0.3 is 0 Å². The van der Waals surface area contributed by atoms with Crippen LogP contribution in [0.3, 0.4) is 0 Å². The van der Waals surface area contributed by atoms with E-state index >= 15 is 0 Å². The van der Waals surface area contributed by atoms with Crippen molar-refractivity contribution in [1.82, 2.24) is 0 Å². The second-order valence-corrected chi connectivity index (χ2v) is 8.30. The Labute approximate surface area is 97.5 Å². The lowest BCUT2D eigenvalue weighted by Gasteiger charge is -2.26. The third kappa shape index (κ3) is 1.61. The molecule has 0 aromatic rings. The summed E-state index contributed by atoms with van der Waals surface area (Å²) in [5.41, 5.74) is 0.0924. The molecule has 0 aromatic carbocycles. The van der Waals surface area contributed by atoms with Crippen molar-refractivity contribution in [1.29, 1.82) is 0 Å². The van der Waals surface area contributed by atoms with E-state index < -0.39 is 9.84 Å². The van der Waals surface area contributed by atoms with Gasteiger partial charge in [0.2, 0.25) is 0 Å². The molecule has 92 valence electrons. The van der Waals surface area contributed by atoms with Gasteiger partial charge in [0.25, 0.3) is 0 Å². The molecule has 2 heterocycles. The summed E-state index contributed by atoms with van der Waals surface area (Å²) >= 11 is 0. The summed E-state index contributed by atoms with van der Waals surface area (Å²) in [6.07, 6.45) is 3.94. The zero-order chi connectivity index (χ0) is 11.6. The van der Waals surface area contributed by atoms with Gasteiger partial charge in [-0.2, -0.15) is 0 Å². The molecule has 5 unspecified atom stereocenters. The molecule has 2 aliphatic heterocycles. The average molecular weight is 244 g/mol. The Balaban J connectivity index is 1.78. The van der Waals surface area contributed by atoms with E-state index in [0.717, 1.165) is 19.3 Å². The van der Waals surface area contributed by atoms with Gasteiger partial charge in [-0.1, -0.05) is 6.92 Å². The van der Waals surface area contributed by atoms with Crippen LogP contribution in [0.25, 0.3) is 0 Å². The fourth-order valence-electron chi connectivity index (χ4n) is 3.95. The molecule has 4 heteroatoms. The summed E-state index contributed by atoms with van der Waals surface area (Å²) in [7, 11) is -2.75. The maximum Gasteiger partial charge on any atom is 0.150 e. The van der Waals surface area contributed by atoms with E-state index in [1.165, 1.54) is 0 Å². The molecule has 0 bridgehead atoms. The fourth-order valence-corrected chi connectivity index (χ4v) is 6.23. The van der Waals surface area contributed by atoms with Crippen molar-refractivity contribution in [2.45, 2.75) is 45.3 Å². The molecule has 3 rings (SSSR count). The predicted octanol–water partition coefficient (Wildman–Crippen LogP) is 1.62. The molecule has 3 fully saturated rings. The maximum absolute atomic E-state index is 11.7. The molecule has 0 aromatic heterocycles. The highest BCUT2D eigenvalue weighted by molar-refractivity contribution is 7.91. The maximum atomic E-state index is 11.7. The summed E-state index contributed by atoms with van der Waals surface area (Å²) < 4.78 is 28.9.